The average Bonchev–Trinajstić information content (AvgIpc) is 1.89. The first kappa shape index (κ1) is 18.4. The maximum atomic E-state index is 9.06. The molecular formula is H2O8Sn2Zn. The van der Waals surface area contributed by atoms with E-state index in [1.807, 2.05) is 0 Å². The number of hydrogen-bond acceptors (Lipinski definition) is 8. The van der Waals surface area contributed by atoms with Crippen molar-refractivity contribution >= 4 is 41.1 Å². The molecule has 0 aromatic rings. The minimum atomic E-state index is -4.02. The number of hydrogen-bond donors (Lipinski definition) is 2. The summed E-state index contributed by atoms with van der Waals surface area (Å²) in [6.45, 7) is 0. The van der Waals surface area contributed by atoms with Crippen molar-refractivity contribution in [1.29, 1.82) is 0 Å². The van der Waals surface area contributed by atoms with E-state index < -0.39 is 41.1 Å². The Morgan fingerprint density at radius 1 is 1.00 bits per heavy atom. The van der Waals surface area contributed by atoms with Gasteiger partial charge in [0.15, 0.2) is 0 Å². The van der Waals surface area contributed by atoms with E-state index in [1.54, 1.807) is 0 Å². The first-order valence-electron chi connectivity index (χ1n) is 1.59. The Balaban J connectivity index is -0.000000107. The molecule has 2 N–H and O–H groups in total. The predicted octanol–water partition coefficient (Wildman–Crippen LogP) is -3.50. The van der Waals surface area contributed by atoms with Crippen molar-refractivity contribution in [3.8, 4) is 0 Å². The Morgan fingerprint density at radius 2 is 1.09 bits per heavy atom. The van der Waals surface area contributed by atoms with Gasteiger partial charge in [-0.1, -0.05) is 0 Å². The molecule has 60 valence electrons. The van der Waals surface area contributed by atoms with Crippen LogP contribution in [0.4, 0.5) is 0 Å². The van der Waals surface area contributed by atoms with Crippen LogP contribution in [0, 0.1) is 0 Å². The van der Waals surface area contributed by atoms with E-state index in [0.717, 1.165) is 0 Å². The van der Waals surface area contributed by atoms with Crippen LogP contribution in [0.1, 0.15) is 0 Å². The van der Waals surface area contributed by atoms with Crippen LogP contribution in [0.2, 0.25) is 0 Å². The van der Waals surface area contributed by atoms with Gasteiger partial charge in [-0.25, -0.2) is 0 Å². The van der Waals surface area contributed by atoms with E-state index >= 15 is 0 Å². The summed E-state index contributed by atoms with van der Waals surface area (Å²) in [5.74, 6) is 0. The summed E-state index contributed by atoms with van der Waals surface area (Å²) < 4.78 is 41.9. The third-order valence-electron chi connectivity index (χ3n) is 0.149. The first-order valence-corrected chi connectivity index (χ1v) is 8.58. The van der Waals surface area contributed by atoms with Gasteiger partial charge in [0.25, 0.3) is 0 Å². The van der Waals surface area contributed by atoms with Gasteiger partial charge in [0.1, 0.15) is 0 Å². The maximum absolute atomic E-state index is 9.06. The van der Waals surface area contributed by atoms with Crippen LogP contribution >= 0.6 is 0 Å². The SMILES string of the molecule is [O]=[Sn]([O-])[O]O.[O]=[Sn]([O-])[O]O.[Zn+2]. The minimum absolute atomic E-state index is 0. The van der Waals surface area contributed by atoms with Gasteiger partial charge >= 0.3 is 90.6 Å². The third-order valence-corrected chi connectivity index (χ3v) is 1.00. The van der Waals surface area contributed by atoms with Crippen molar-refractivity contribution in [1.82, 2.24) is 0 Å². The van der Waals surface area contributed by atoms with Gasteiger partial charge in [-0.3, -0.25) is 0 Å². The van der Waals surface area contributed by atoms with E-state index in [9.17, 15) is 0 Å². The Morgan fingerprint density at radius 3 is 1.09 bits per heavy atom. The smallest absolute Gasteiger partial charge is 2.00 e. The van der Waals surface area contributed by atoms with Gasteiger partial charge < -0.3 is 0 Å². The summed E-state index contributed by atoms with van der Waals surface area (Å²) in [7, 11) is 0. The molecule has 0 heterocycles. The largest absolute Gasteiger partial charge is 2.00 e. The molecule has 0 aliphatic rings. The van der Waals surface area contributed by atoms with Crippen molar-refractivity contribution in [2.75, 3.05) is 0 Å². The zero-order valence-electron chi connectivity index (χ0n) is 5.05. The summed E-state index contributed by atoms with van der Waals surface area (Å²) in [6.07, 6.45) is 0. The third kappa shape index (κ3) is 34.1. The van der Waals surface area contributed by atoms with Gasteiger partial charge in [-0.05, 0) is 0 Å². The summed E-state index contributed by atoms with van der Waals surface area (Å²) in [4.78, 5) is 0. The van der Waals surface area contributed by atoms with Crippen molar-refractivity contribution in [2.45, 2.75) is 0 Å². The van der Waals surface area contributed by atoms with Crippen LogP contribution in [-0.2, 0) is 32.1 Å². The second kappa shape index (κ2) is 14.1. The minimum Gasteiger partial charge on any atom is 2.00 e. The molecule has 0 atom stereocenters. The van der Waals surface area contributed by atoms with Crippen molar-refractivity contribution in [2.24, 2.45) is 0 Å². The molecule has 0 aromatic heterocycles. The molecule has 0 aromatic carbocycles. The Hall–Kier alpha value is 1.58. The van der Waals surface area contributed by atoms with Crippen LogP contribution in [0.25, 0.3) is 0 Å². The average molecular weight is 433 g/mol. The molecule has 0 aliphatic heterocycles. The fourth-order valence-corrected chi connectivity index (χ4v) is 0. The van der Waals surface area contributed by atoms with Crippen molar-refractivity contribution in [3.05, 3.63) is 0 Å². The fraction of sp³-hybridized carbons (Fsp3) is 0. The van der Waals surface area contributed by atoms with E-state index in [0.29, 0.717) is 0 Å². The Bertz CT molecular complexity index is 96.7. The molecule has 0 unspecified atom stereocenters. The summed E-state index contributed by atoms with van der Waals surface area (Å²) in [6, 6.07) is 0. The molecule has 0 saturated carbocycles. The normalized spacial score (nSPS) is 6.91. The topological polar surface area (TPSA) is 139 Å². The van der Waals surface area contributed by atoms with E-state index in [2.05, 4.69) is 6.45 Å². The Labute approximate surface area is 89.8 Å². The van der Waals surface area contributed by atoms with Crippen molar-refractivity contribution in [3.63, 3.8) is 0 Å². The molecule has 0 fully saturated rings. The van der Waals surface area contributed by atoms with Crippen molar-refractivity contribution < 1.29 is 49.5 Å². The second-order valence-electron chi connectivity index (χ2n) is 0.683. The van der Waals surface area contributed by atoms with Gasteiger partial charge in [-0.2, -0.15) is 0 Å². The first-order chi connectivity index (χ1) is 4.54. The molecule has 0 spiro atoms. The van der Waals surface area contributed by atoms with Crippen LogP contribution in [-0.4, -0.2) is 51.7 Å². The molecule has 0 aliphatic carbocycles. The summed E-state index contributed by atoms with van der Waals surface area (Å²) in [5, 5.41) is 14.2. The van der Waals surface area contributed by atoms with Crippen LogP contribution in [0.3, 0.4) is 0 Å². The molecule has 0 saturated heterocycles. The number of rotatable bonds is 2. The van der Waals surface area contributed by atoms with Gasteiger partial charge in [-0.15, -0.1) is 0 Å². The van der Waals surface area contributed by atoms with Crippen LogP contribution in [0.15, 0.2) is 0 Å². The molecular weight excluding hydrogens is 431 g/mol. The van der Waals surface area contributed by atoms with E-state index in [1.165, 1.54) is 0 Å². The molecule has 0 bridgehead atoms. The van der Waals surface area contributed by atoms with E-state index in [-0.39, 0.29) is 19.5 Å². The van der Waals surface area contributed by atoms with Gasteiger partial charge in [0, 0.05) is 0 Å². The van der Waals surface area contributed by atoms with Gasteiger partial charge in [0.2, 0.25) is 0 Å². The molecule has 11 heteroatoms. The fourth-order valence-electron chi connectivity index (χ4n) is 0. The van der Waals surface area contributed by atoms with Gasteiger partial charge in [0.05, 0.1) is 0 Å². The maximum Gasteiger partial charge on any atom is 2.00 e. The molecule has 0 radical (unpaired) electrons. The molecule has 0 rings (SSSR count). The Kier molecular flexibility index (Phi) is 23.6. The quantitative estimate of drug-likeness (QED) is 0.260. The molecule has 8 nitrogen and oxygen atoms in total. The monoisotopic (exact) mass is 434 g/mol. The van der Waals surface area contributed by atoms with E-state index in [4.69, 9.17) is 23.6 Å². The van der Waals surface area contributed by atoms with Crippen LogP contribution < -0.4 is 6.89 Å². The second-order valence-corrected chi connectivity index (χ2v) is 4.58. The summed E-state index contributed by atoms with van der Waals surface area (Å²) >= 11 is -8.05. The summed E-state index contributed by atoms with van der Waals surface area (Å²) in [5.41, 5.74) is 0. The van der Waals surface area contributed by atoms with Crippen LogP contribution in [0.5, 0.6) is 0 Å². The molecule has 0 amide bonds. The zero-order chi connectivity index (χ0) is 8.57. The standard InChI is InChI=1S/2H2O2.4O.2Sn.Zn/c2*1-2;;;;;;;/h2*1-2H;;;;;;;/q;;;;2*-1;2*+1;+2/p-2. The predicted molar refractivity (Wildman–Crippen MR) is 20.3 cm³/mol. The molecule has 11 heavy (non-hydrogen) atoms. The zero-order valence-corrected chi connectivity index (χ0v) is 13.7.